The quantitative estimate of drug-likeness (QED) is 0.895. The third kappa shape index (κ3) is 3.78. The third-order valence-electron chi connectivity index (χ3n) is 5.21. The van der Waals surface area contributed by atoms with Crippen molar-refractivity contribution in [3.63, 3.8) is 0 Å². The third-order valence-corrected chi connectivity index (χ3v) is 5.21. The maximum absolute atomic E-state index is 12.8. The highest BCUT2D eigenvalue weighted by molar-refractivity contribution is 5.82. The molecule has 0 unspecified atom stereocenters. The molecule has 0 saturated carbocycles. The molecule has 1 fully saturated rings. The summed E-state index contributed by atoms with van der Waals surface area (Å²) in [5.74, 6) is -0.0253. The maximum Gasteiger partial charge on any atom is 0.227 e. The van der Waals surface area contributed by atoms with Crippen molar-refractivity contribution in [1.29, 1.82) is 0 Å². The summed E-state index contributed by atoms with van der Waals surface area (Å²) in [5.41, 5.74) is 3.93. The second-order valence-corrected chi connectivity index (χ2v) is 7.05. The fourth-order valence-corrected chi connectivity index (χ4v) is 3.79. The number of aryl methyl sites for hydroxylation is 2. The van der Waals surface area contributed by atoms with Crippen molar-refractivity contribution in [3.8, 4) is 0 Å². The van der Waals surface area contributed by atoms with Gasteiger partial charge in [0, 0.05) is 33.2 Å². The summed E-state index contributed by atoms with van der Waals surface area (Å²) in [6, 6.07) is 6.46. The Morgan fingerprint density at radius 1 is 1.17 bits per heavy atom. The molecule has 1 aliphatic heterocycles. The van der Waals surface area contributed by atoms with Crippen molar-refractivity contribution in [2.24, 2.45) is 5.92 Å². The average Bonchev–Trinajstić information content (AvgIpc) is 2.95. The number of carbonyl (C=O) groups excluding carboxylic acids is 2. The van der Waals surface area contributed by atoms with Gasteiger partial charge in [-0.3, -0.25) is 9.59 Å². The summed E-state index contributed by atoms with van der Waals surface area (Å²) >= 11 is 0. The summed E-state index contributed by atoms with van der Waals surface area (Å²) < 4.78 is 0. The van der Waals surface area contributed by atoms with Crippen LogP contribution in [0.4, 0.5) is 0 Å². The molecule has 2 aliphatic rings. The van der Waals surface area contributed by atoms with Gasteiger partial charge in [-0.05, 0) is 43.0 Å². The van der Waals surface area contributed by atoms with Crippen molar-refractivity contribution < 1.29 is 9.59 Å². The van der Waals surface area contributed by atoms with Gasteiger partial charge in [0.25, 0.3) is 0 Å². The van der Waals surface area contributed by atoms with Crippen molar-refractivity contribution in [1.82, 2.24) is 15.1 Å². The minimum atomic E-state index is -0.161. The minimum Gasteiger partial charge on any atom is -0.359 e. The summed E-state index contributed by atoms with van der Waals surface area (Å²) in [5, 5.41) is 2.72. The van der Waals surface area contributed by atoms with Crippen molar-refractivity contribution in [2.45, 2.75) is 25.7 Å². The Balaban J connectivity index is 1.68. The van der Waals surface area contributed by atoms with Crippen LogP contribution in [0.15, 0.2) is 18.2 Å². The van der Waals surface area contributed by atoms with E-state index in [0.717, 1.165) is 24.9 Å². The van der Waals surface area contributed by atoms with Crippen LogP contribution in [0.1, 0.15) is 23.1 Å². The van der Waals surface area contributed by atoms with Crippen LogP contribution < -0.4 is 5.32 Å². The smallest absolute Gasteiger partial charge is 0.227 e. The zero-order valence-electron chi connectivity index (χ0n) is 14.7. The van der Waals surface area contributed by atoms with E-state index in [2.05, 4.69) is 28.4 Å². The lowest BCUT2D eigenvalue weighted by molar-refractivity contribution is -0.132. The number of benzene rings is 1. The molecule has 1 aromatic rings. The molecule has 0 radical (unpaired) electrons. The largest absolute Gasteiger partial charge is 0.359 e. The molecular formula is C19H27N3O2. The Bertz CT molecular complexity index is 629. The highest BCUT2D eigenvalue weighted by Crippen LogP contribution is 2.23. The fraction of sp³-hybridized carbons (Fsp3) is 0.579. The Kier molecular flexibility index (Phi) is 5.19. The number of fused-ring (bicyclic) bond motifs is 1. The van der Waals surface area contributed by atoms with E-state index in [1.54, 1.807) is 7.05 Å². The topological polar surface area (TPSA) is 52.7 Å². The van der Waals surface area contributed by atoms with Crippen molar-refractivity contribution in [3.05, 3.63) is 34.9 Å². The van der Waals surface area contributed by atoms with E-state index in [1.807, 2.05) is 11.9 Å². The van der Waals surface area contributed by atoms with Gasteiger partial charge >= 0.3 is 0 Å². The lowest BCUT2D eigenvalue weighted by atomic mass is 10.0. The maximum atomic E-state index is 12.8. The second kappa shape index (κ2) is 7.34. The molecular weight excluding hydrogens is 302 g/mol. The molecule has 1 aliphatic carbocycles. The number of rotatable bonds is 3. The zero-order valence-corrected chi connectivity index (χ0v) is 14.7. The normalized spacial score (nSPS) is 21.2. The number of hydrogen-bond acceptors (Lipinski definition) is 3. The summed E-state index contributed by atoms with van der Waals surface area (Å²) in [6.07, 6.45) is 3.94. The van der Waals surface area contributed by atoms with Gasteiger partial charge in [-0.2, -0.15) is 0 Å². The van der Waals surface area contributed by atoms with Gasteiger partial charge in [-0.1, -0.05) is 18.2 Å². The first-order valence-corrected chi connectivity index (χ1v) is 8.85. The van der Waals surface area contributed by atoms with E-state index in [9.17, 15) is 9.59 Å². The number of nitrogens with one attached hydrogen (secondary N) is 1. The monoisotopic (exact) mass is 329 g/mol. The number of amides is 2. The molecule has 24 heavy (non-hydrogen) atoms. The van der Waals surface area contributed by atoms with Gasteiger partial charge < -0.3 is 15.1 Å². The van der Waals surface area contributed by atoms with E-state index < -0.39 is 0 Å². The molecule has 2 amide bonds. The van der Waals surface area contributed by atoms with Crippen LogP contribution in [-0.2, 0) is 28.9 Å². The molecule has 5 heteroatoms. The second-order valence-electron chi connectivity index (χ2n) is 7.05. The molecule has 1 saturated heterocycles. The van der Waals surface area contributed by atoms with E-state index in [0.29, 0.717) is 26.1 Å². The molecule has 130 valence electrons. The zero-order chi connectivity index (χ0) is 17.1. The molecule has 1 atom stereocenters. The number of hydrogen-bond donors (Lipinski definition) is 1. The number of nitrogens with zero attached hydrogens (tertiary/aromatic N) is 2. The van der Waals surface area contributed by atoms with Crippen LogP contribution >= 0.6 is 0 Å². The van der Waals surface area contributed by atoms with Gasteiger partial charge in [0.2, 0.25) is 11.8 Å². The lowest BCUT2D eigenvalue weighted by Gasteiger charge is -2.23. The summed E-state index contributed by atoms with van der Waals surface area (Å²) in [4.78, 5) is 28.8. The number of likely N-dealkylation sites (N-methyl/N-ethyl adjacent to an activating group) is 1. The first-order valence-electron chi connectivity index (χ1n) is 8.85. The molecule has 0 bridgehead atoms. The van der Waals surface area contributed by atoms with Crippen LogP contribution in [0, 0.1) is 5.92 Å². The van der Waals surface area contributed by atoms with E-state index in [1.165, 1.54) is 17.5 Å². The van der Waals surface area contributed by atoms with Crippen LogP contribution in [0.2, 0.25) is 0 Å². The van der Waals surface area contributed by atoms with Crippen LogP contribution in [0.3, 0.4) is 0 Å². The lowest BCUT2D eigenvalue weighted by Crippen LogP contribution is -2.41. The van der Waals surface area contributed by atoms with Gasteiger partial charge in [0.15, 0.2) is 0 Å². The average molecular weight is 329 g/mol. The van der Waals surface area contributed by atoms with Crippen molar-refractivity contribution >= 4 is 11.8 Å². The summed E-state index contributed by atoms with van der Waals surface area (Å²) in [6.45, 7) is 2.70. The Labute approximate surface area is 144 Å². The SMILES string of the molecule is CNC(=O)[C@@H]1CN(C)CCN(C(=O)Cc2ccc3c(c2)CCC3)C1. The predicted molar refractivity (Wildman–Crippen MR) is 93.8 cm³/mol. The van der Waals surface area contributed by atoms with E-state index in [-0.39, 0.29) is 17.7 Å². The number of carbonyl (C=O) groups is 2. The Morgan fingerprint density at radius 3 is 2.75 bits per heavy atom. The standard InChI is InChI=1S/C19H27N3O2/c1-20-19(24)17-12-21(2)8-9-22(13-17)18(23)11-14-6-7-15-4-3-5-16(15)10-14/h6-7,10,17H,3-5,8-9,11-13H2,1-2H3,(H,20,24)/t17-/m1/s1. The molecule has 0 aromatic heterocycles. The van der Waals surface area contributed by atoms with Crippen molar-refractivity contribution in [2.75, 3.05) is 40.3 Å². The van der Waals surface area contributed by atoms with Gasteiger partial charge in [0.1, 0.15) is 0 Å². The fourth-order valence-electron chi connectivity index (χ4n) is 3.79. The van der Waals surface area contributed by atoms with Gasteiger partial charge in [-0.15, -0.1) is 0 Å². The first kappa shape index (κ1) is 17.0. The summed E-state index contributed by atoms with van der Waals surface area (Å²) in [7, 11) is 3.66. The highest BCUT2D eigenvalue weighted by atomic mass is 16.2. The van der Waals surface area contributed by atoms with Crippen LogP contribution in [-0.4, -0.2) is 61.9 Å². The van der Waals surface area contributed by atoms with Gasteiger partial charge in [-0.25, -0.2) is 0 Å². The molecule has 3 rings (SSSR count). The van der Waals surface area contributed by atoms with Gasteiger partial charge in [0.05, 0.1) is 12.3 Å². The van der Waals surface area contributed by atoms with E-state index >= 15 is 0 Å². The van der Waals surface area contributed by atoms with E-state index in [4.69, 9.17) is 0 Å². The Morgan fingerprint density at radius 2 is 1.96 bits per heavy atom. The first-order chi connectivity index (χ1) is 11.6. The highest BCUT2D eigenvalue weighted by Gasteiger charge is 2.28. The minimum absolute atomic E-state index is 0.0130. The van der Waals surface area contributed by atoms with Crippen LogP contribution in [0.5, 0.6) is 0 Å². The molecule has 5 nitrogen and oxygen atoms in total. The van der Waals surface area contributed by atoms with Crippen LogP contribution in [0.25, 0.3) is 0 Å². The molecule has 1 aromatic carbocycles. The molecule has 1 N–H and O–H groups in total. The Hall–Kier alpha value is -1.88. The predicted octanol–water partition coefficient (Wildman–Crippen LogP) is 0.854. The molecule has 1 heterocycles. The molecule has 0 spiro atoms.